The molecule has 0 aliphatic heterocycles. The van der Waals surface area contributed by atoms with Gasteiger partial charge in [0.15, 0.2) is 0 Å². The summed E-state index contributed by atoms with van der Waals surface area (Å²) in [5.41, 5.74) is 0.0245. The molecule has 3 heteroatoms. The normalized spacial score (nSPS) is 11.5. The second-order valence-corrected chi connectivity index (χ2v) is 3.54. The lowest BCUT2D eigenvalue weighted by atomic mass is 9.98. The lowest BCUT2D eigenvalue weighted by Crippen LogP contribution is -2.06. The summed E-state index contributed by atoms with van der Waals surface area (Å²) in [6.07, 6.45) is -0.439. The summed E-state index contributed by atoms with van der Waals surface area (Å²) < 4.78 is 37.3. The third-order valence-corrected chi connectivity index (χ3v) is 2.33. The van der Waals surface area contributed by atoms with E-state index in [1.54, 1.807) is 18.2 Å². The molecule has 1 aromatic rings. The summed E-state index contributed by atoms with van der Waals surface area (Å²) in [7, 11) is 0. The molecule has 0 aliphatic carbocycles. The molecule has 0 heterocycles. The Bertz CT molecular complexity index is 369. The Morgan fingerprint density at radius 3 is 2.31 bits per heavy atom. The molecule has 0 saturated heterocycles. The maximum Gasteiger partial charge on any atom is 0.416 e. The van der Waals surface area contributed by atoms with Gasteiger partial charge >= 0.3 is 6.18 Å². The van der Waals surface area contributed by atoms with Crippen LogP contribution in [0.25, 0.3) is 0 Å². The van der Waals surface area contributed by atoms with E-state index < -0.39 is 11.7 Å². The molecule has 0 atom stereocenters. The molecule has 0 unspecified atom stereocenters. The minimum absolute atomic E-state index is 0.00323. The van der Waals surface area contributed by atoms with Crippen LogP contribution in [0.2, 0.25) is 0 Å². The number of halogens is 3. The first-order chi connectivity index (χ1) is 7.47. The quantitative estimate of drug-likeness (QED) is 0.674. The van der Waals surface area contributed by atoms with Gasteiger partial charge in [-0.15, -0.1) is 13.2 Å². The van der Waals surface area contributed by atoms with E-state index in [-0.39, 0.29) is 5.92 Å². The Hall–Kier alpha value is -1.51. The number of benzene rings is 1. The monoisotopic (exact) mass is 226 g/mol. The van der Waals surface area contributed by atoms with Crippen LogP contribution in [0.15, 0.2) is 49.6 Å². The fraction of sp³-hybridized carbons (Fsp3) is 0.231. The lowest BCUT2D eigenvalue weighted by Gasteiger charge is -2.10. The summed E-state index contributed by atoms with van der Waals surface area (Å²) in [4.78, 5) is 0. The molecule has 0 nitrogen and oxygen atoms in total. The zero-order valence-corrected chi connectivity index (χ0v) is 8.80. The Morgan fingerprint density at radius 2 is 1.81 bits per heavy atom. The van der Waals surface area contributed by atoms with Gasteiger partial charge in [-0.25, -0.2) is 0 Å². The van der Waals surface area contributed by atoms with Crippen molar-refractivity contribution in [2.75, 3.05) is 0 Å². The zero-order chi connectivity index (χ0) is 12.2. The van der Waals surface area contributed by atoms with Crippen molar-refractivity contribution < 1.29 is 13.2 Å². The molecule has 0 N–H and O–H groups in total. The van der Waals surface area contributed by atoms with Crippen molar-refractivity contribution >= 4 is 0 Å². The number of rotatable bonds is 4. The Balaban J connectivity index is 2.90. The van der Waals surface area contributed by atoms with Gasteiger partial charge in [0, 0.05) is 0 Å². The van der Waals surface area contributed by atoms with Crippen molar-refractivity contribution in [2.45, 2.75) is 12.6 Å². The van der Waals surface area contributed by atoms with Crippen LogP contribution in [0.4, 0.5) is 13.2 Å². The van der Waals surface area contributed by atoms with Gasteiger partial charge < -0.3 is 0 Å². The fourth-order valence-electron chi connectivity index (χ4n) is 1.41. The highest BCUT2D eigenvalue weighted by molar-refractivity contribution is 5.26. The SMILES string of the molecule is C=CC(C=C)Cc1cccc(C(F)(F)F)c1. The highest BCUT2D eigenvalue weighted by Gasteiger charge is 2.30. The van der Waals surface area contributed by atoms with E-state index in [1.807, 2.05) is 0 Å². The molecule has 0 bridgehead atoms. The Labute approximate surface area is 93.1 Å². The van der Waals surface area contributed by atoms with E-state index in [2.05, 4.69) is 13.2 Å². The van der Waals surface area contributed by atoms with Crippen LogP contribution in [0, 0.1) is 5.92 Å². The summed E-state index contributed by atoms with van der Waals surface area (Å²) in [6.45, 7) is 7.21. The second-order valence-electron chi connectivity index (χ2n) is 3.54. The van der Waals surface area contributed by atoms with Crippen molar-refractivity contribution in [3.63, 3.8) is 0 Å². The van der Waals surface area contributed by atoms with E-state index in [0.29, 0.717) is 12.0 Å². The molecule has 0 aliphatic rings. The summed E-state index contributed by atoms with van der Waals surface area (Å²) in [5, 5.41) is 0. The van der Waals surface area contributed by atoms with Gasteiger partial charge in [0.05, 0.1) is 5.56 Å². The summed E-state index contributed by atoms with van der Waals surface area (Å²) >= 11 is 0. The fourth-order valence-corrected chi connectivity index (χ4v) is 1.41. The first kappa shape index (κ1) is 12.6. The third kappa shape index (κ3) is 3.26. The van der Waals surface area contributed by atoms with Crippen LogP contribution in [-0.2, 0) is 12.6 Å². The first-order valence-corrected chi connectivity index (χ1v) is 4.88. The molecule has 0 saturated carbocycles. The van der Waals surface area contributed by atoms with Gasteiger partial charge in [-0.3, -0.25) is 0 Å². The van der Waals surface area contributed by atoms with Crippen LogP contribution in [0.3, 0.4) is 0 Å². The van der Waals surface area contributed by atoms with Crippen molar-refractivity contribution in [1.29, 1.82) is 0 Å². The predicted molar refractivity (Wildman–Crippen MR) is 59.0 cm³/mol. The molecule has 1 aromatic carbocycles. The van der Waals surface area contributed by atoms with E-state index in [0.717, 1.165) is 6.07 Å². The maximum atomic E-state index is 12.4. The molecular formula is C13H13F3. The van der Waals surface area contributed by atoms with Gasteiger partial charge in [-0.2, -0.15) is 13.2 Å². The standard InChI is InChI=1S/C13H13F3/c1-3-10(4-2)8-11-6-5-7-12(9-11)13(14,15)16/h3-7,9-10H,1-2,8H2. The number of alkyl halides is 3. The van der Waals surface area contributed by atoms with Gasteiger partial charge in [0.1, 0.15) is 0 Å². The molecule has 0 amide bonds. The zero-order valence-electron chi connectivity index (χ0n) is 8.80. The molecule has 0 fully saturated rings. The first-order valence-electron chi connectivity index (χ1n) is 4.88. The molecule has 0 aromatic heterocycles. The summed E-state index contributed by atoms with van der Waals surface area (Å²) in [5.74, 6) is 0.00323. The van der Waals surface area contributed by atoms with E-state index in [1.165, 1.54) is 12.1 Å². The van der Waals surface area contributed by atoms with Gasteiger partial charge in [0.2, 0.25) is 0 Å². The van der Waals surface area contributed by atoms with E-state index in [9.17, 15) is 13.2 Å². The van der Waals surface area contributed by atoms with Crippen molar-refractivity contribution in [3.05, 3.63) is 60.7 Å². The average molecular weight is 226 g/mol. The van der Waals surface area contributed by atoms with Gasteiger partial charge in [-0.1, -0.05) is 30.4 Å². The second kappa shape index (κ2) is 5.01. The minimum Gasteiger partial charge on any atom is -0.166 e. The van der Waals surface area contributed by atoms with Crippen LogP contribution >= 0.6 is 0 Å². The van der Waals surface area contributed by atoms with Gasteiger partial charge in [-0.05, 0) is 24.0 Å². The van der Waals surface area contributed by atoms with Crippen molar-refractivity contribution in [1.82, 2.24) is 0 Å². The van der Waals surface area contributed by atoms with Crippen LogP contribution < -0.4 is 0 Å². The molecule has 1 rings (SSSR count). The number of allylic oxidation sites excluding steroid dienone is 2. The molecular weight excluding hydrogens is 213 g/mol. The number of hydrogen-bond acceptors (Lipinski definition) is 0. The Kier molecular flexibility index (Phi) is 3.93. The lowest BCUT2D eigenvalue weighted by molar-refractivity contribution is -0.137. The van der Waals surface area contributed by atoms with Crippen LogP contribution in [0.1, 0.15) is 11.1 Å². The Morgan fingerprint density at radius 1 is 1.19 bits per heavy atom. The maximum absolute atomic E-state index is 12.4. The molecule has 0 radical (unpaired) electrons. The van der Waals surface area contributed by atoms with Crippen molar-refractivity contribution in [3.8, 4) is 0 Å². The molecule has 16 heavy (non-hydrogen) atoms. The van der Waals surface area contributed by atoms with Gasteiger partial charge in [0.25, 0.3) is 0 Å². The van der Waals surface area contributed by atoms with Crippen LogP contribution in [0.5, 0.6) is 0 Å². The van der Waals surface area contributed by atoms with E-state index in [4.69, 9.17) is 0 Å². The topological polar surface area (TPSA) is 0 Å². The largest absolute Gasteiger partial charge is 0.416 e. The highest BCUT2D eigenvalue weighted by Crippen LogP contribution is 2.30. The number of hydrogen-bond donors (Lipinski definition) is 0. The molecule has 0 spiro atoms. The summed E-state index contributed by atoms with van der Waals surface area (Å²) in [6, 6.07) is 5.33. The highest BCUT2D eigenvalue weighted by atomic mass is 19.4. The van der Waals surface area contributed by atoms with Crippen molar-refractivity contribution in [2.24, 2.45) is 5.92 Å². The predicted octanol–water partition coefficient (Wildman–Crippen LogP) is 4.24. The minimum atomic E-state index is -4.28. The average Bonchev–Trinajstić information content (AvgIpc) is 2.25. The van der Waals surface area contributed by atoms with E-state index >= 15 is 0 Å². The molecule has 86 valence electrons. The smallest absolute Gasteiger partial charge is 0.166 e. The third-order valence-electron chi connectivity index (χ3n) is 2.33. The van der Waals surface area contributed by atoms with Crippen LogP contribution in [-0.4, -0.2) is 0 Å².